The summed E-state index contributed by atoms with van der Waals surface area (Å²) in [4.78, 5) is 4.11. The summed E-state index contributed by atoms with van der Waals surface area (Å²) in [6.07, 6.45) is 1.59. The molecule has 0 atom stereocenters. The summed E-state index contributed by atoms with van der Waals surface area (Å²) in [7, 11) is 0. The molecule has 0 radical (unpaired) electrons. The fourth-order valence-electron chi connectivity index (χ4n) is 1.95. The van der Waals surface area contributed by atoms with Crippen molar-refractivity contribution >= 4 is 22.3 Å². The molecule has 3 rings (SSSR count). The van der Waals surface area contributed by atoms with E-state index in [1.54, 1.807) is 30.5 Å². The predicted molar refractivity (Wildman–Crippen MR) is 82.7 cm³/mol. The van der Waals surface area contributed by atoms with Gasteiger partial charge in [0.05, 0.1) is 5.52 Å². The second-order valence-electron chi connectivity index (χ2n) is 4.16. The molecule has 0 unspecified atom stereocenters. The summed E-state index contributed by atoms with van der Waals surface area (Å²) < 4.78 is 26.3. The fraction of sp³-hybridized carbons (Fsp3) is 0.118. The van der Waals surface area contributed by atoms with Crippen LogP contribution in [0.15, 0.2) is 54.7 Å². The maximum atomic E-state index is 13.1. The zero-order valence-corrected chi connectivity index (χ0v) is 11.9. The lowest BCUT2D eigenvalue weighted by molar-refractivity contribution is 0.628. The molecule has 0 aliphatic carbocycles. The molecule has 1 heterocycles. The monoisotopic (exact) mass is 286 g/mol. The molecule has 0 saturated heterocycles. The topological polar surface area (TPSA) is 24.9 Å². The van der Waals surface area contributed by atoms with Crippen molar-refractivity contribution in [2.24, 2.45) is 0 Å². The summed E-state index contributed by atoms with van der Waals surface area (Å²) >= 11 is 0. The van der Waals surface area contributed by atoms with Crippen LogP contribution in [-0.4, -0.2) is 4.98 Å². The van der Waals surface area contributed by atoms with Crippen LogP contribution in [0.4, 0.5) is 20.2 Å². The highest BCUT2D eigenvalue weighted by atomic mass is 19.1. The summed E-state index contributed by atoms with van der Waals surface area (Å²) in [5.41, 5.74) is 1.95. The molecular formula is C17H16F2N2. The summed E-state index contributed by atoms with van der Waals surface area (Å²) in [5.74, 6) is -0.641. The number of benzene rings is 2. The number of hydrogen-bond acceptors (Lipinski definition) is 2. The van der Waals surface area contributed by atoms with Crippen LogP contribution >= 0.6 is 0 Å². The summed E-state index contributed by atoms with van der Waals surface area (Å²) in [5, 5.41) is 3.89. The van der Waals surface area contributed by atoms with E-state index in [2.05, 4.69) is 10.3 Å². The maximum absolute atomic E-state index is 13.1. The number of aromatic nitrogens is 1. The third-order valence-electron chi connectivity index (χ3n) is 2.81. The molecule has 21 heavy (non-hydrogen) atoms. The molecule has 1 N–H and O–H groups in total. The Kier molecular flexibility index (Phi) is 4.82. The van der Waals surface area contributed by atoms with Gasteiger partial charge in [0.25, 0.3) is 0 Å². The van der Waals surface area contributed by atoms with Gasteiger partial charge in [0.15, 0.2) is 0 Å². The van der Waals surface area contributed by atoms with Crippen molar-refractivity contribution in [3.8, 4) is 0 Å². The third-order valence-corrected chi connectivity index (χ3v) is 2.81. The Balaban J connectivity index is 0.000000774. The number of anilines is 2. The number of nitrogens with zero attached hydrogens (tertiary/aromatic N) is 1. The van der Waals surface area contributed by atoms with E-state index in [9.17, 15) is 8.78 Å². The first-order chi connectivity index (χ1) is 10.2. The lowest BCUT2D eigenvalue weighted by Gasteiger charge is -2.09. The number of halogens is 2. The molecule has 0 amide bonds. The minimum absolute atomic E-state index is 0.311. The quantitative estimate of drug-likeness (QED) is 0.693. The number of rotatable bonds is 2. The van der Waals surface area contributed by atoms with Crippen LogP contribution in [0.5, 0.6) is 0 Å². The van der Waals surface area contributed by atoms with Gasteiger partial charge in [0.1, 0.15) is 11.6 Å². The lowest BCUT2D eigenvalue weighted by Crippen LogP contribution is -1.93. The minimum Gasteiger partial charge on any atom is -0.355 e. The molecule has 0 spiro atoms. The first kappa shape index (κ1) is 14.9. The highest BCUT2D eigenvalue weighted by Gasteiger charge is 2.04. The zero-order valence-electron chi connectivity index (χ0n) is 11.9. The zero-order chi connectivity index (χ0) is 15.2. The Hall–Kier alpha value is -2.49. The van der Waals surface area contributed by atoms with Gasteiger partial charge in [-0.15, -0.1) is 0 Å². The van der Waals surface area contributed by atoms with Crippen molar-refractivity contribution in [3.05, 3.63) is 66.4 Å². The Morgan fingerprint density at radius 3 is 2.43 bits per heavy atom. The van der Waals surface area contributed by atoms with Gasteiger partial charge < -0.3 is 5.32 Å². The highest BCUT2D eigenvalue weighted by Crippen LogP contribution is 2.25. The summed E-state index contributed by atoms with van der Waals surface area (Å²) in [6, 6.07) is 12.3. The van der Waals surface area contributed by atoms with E-state index in [0.29, 0.717) is 11.2 Å². The van der Waals surface area contributed by atoms with Crippen molar-refractivity contribution < 1.29 is 8.78 Å². The normalized spacial score (nSPS) is 9.90. The van der Waals surface area contributed by atoms with E-state index in [4.69, 9.17) is 0 Å². The van der Waals surface area contributed by atoms with Crippen molar-refractivity contribution in [2.75, 3.05) is 5.32 Å². The van der Waals surface area contributed by atoms with E-state index in [0.717, 1.165) is 11.1 Å². The van der Waals surface area contributed by atoms with Crippen LogP contribution in [-0.2, 0) is 0 Å². The molecule has 0 saturated carbocycles. The smallest absolute Gasteiger partial charge is 0.125 e. The van der Waals surface area contributed by atoms with Crippen LogP contribution in [0.1, 0.15) is 13.8 Å². The van der Waals surface area contributed by atoms with Crippen LogP contribution < -0.4 is 5.32 Å². The van der Waals surface area contributed by atoms with E-state index in [1.165, 1.54) is 24.3 Å². The van der Waals surface area contributed by atoms with Crippen LogP contribution in [0, 0.1) is 11.6 Å². The molecule has 0 aliphatic rings. The van der Waals surface area contributed by atoms with Gasteiger partial charge >= 0.3 is 0 Å². The van der Waals surface area contributed by atoms with E-state index >= 15 is 0 Å². The number of pyridine rings is 1. The number of hydrogen-bond donors (Lipinski definition) is 1. The Morgan fingerprint density at radius 1 is 0.905 bits per heavy atom. The van der Waals surface area contributed by atoms with Crippen LogP contribution in [0.3, 0.4) is 0 Å². The van der Waals surface area contributed by atoms with Crippen LogP contribution in [0.25, 0.3) is 10.9 Å². The van der Waals surface area contributed by atoms with Crippen molar-refractivity contribution in [2.45, 2.75) is 13.8 Å². The van der Waals surface area contributed by atoms with Crippen molar-refractivity contribution in [1.29, 1.82) is 0 Å². The molecule has 2 nitrogen and oxygen atoms in total. The second kappa shape index (κ2) is 6.79. The van der Waals surface area contributed by atoms with Gasteiger partial charge in [-0.3, -0.25) is 4.98 Å². The number of fused-ring (bicyclic) bond motifs is 1. The van der Waals surface area contributed by atoms with Gasteiger partial charge in [0.2, 0.25) is 0 Å². The molecule has 2 aromatic carbocycles. The van der Waals surface area contributed by atoms with Gasteiger partial charge in [-0.25, -0.2) is 8.78 Å². The predicted octanol–water partition coefficient (Wildman–Crippen LogP) is 5.28. The van der Waals surface area contributed by atoms with E-state index < -0.39 is 0 Å². The minimum atomic E-state index is -0.331. The SMILES string of the molecule is CC.Fc1cccc(Nc2ccnc3cc(F)ccc23)c1. The average Bonchev–Trinajstić information content (AvgIpc) is 2.49. The van der Waals surface area contributed by atoms with Crippen LogP contribution in [0.2, 0.25) is 0 Å². The van der Waals surface area contributed by atoms with Crippen molar-refractivity contribution in [1.82, 2.24) is 4.98 Å². The molecule has 0 fully saturated rings. The third kappa shape index (κ3) is 3.54. The molecule has 1 aromatic heterocycles. The Morgan fingerprint density at radius 2 is 1.67 bits per heavy atom. The van der Waals surface area contributed by atoms with E-state index in [1.807, 2.05) is 13.8 Å². The van der Waals surface area contributed by atoms with Gasteiger partial charge in [-0.2, -0.15) is 0 Å². The first-order valence-electron chi connectivity index (χ1n) is 6.79. The standard InChI is InChI=1S/C15H10F2N2.C2H6/c16-10-2-1-3-12(8-10)19-14-6-7-18-15-9-11(17)4-5-13(14)15;1-2/h1-9H,(H,18,19);1-2H3. The number of nitrogens with one attached hydrogen (secondary N) is 1. The highest BCUT2D eigenvalue weighted by molar-refractivity contribution is 5.92. The fourth-order valence-corrected chi connectivity index (χ4v) is 1.95. The van der Waals surface area contributed by atoms with Crippen molar-refractivity contribution in [3.63, 3.8) is 0 Å². The Bertz CT molecular complexity index is 742. The van der Waals surface area contributed by atoms with Gasteiger partial charge in [0, 0.05) is 29.0 Å². The van der Waals surface area contributed by atoms with Gasteiger partial charge in [-0.05, 0) is 36.4 Å². The maximum Gasteiger partial charge on any atom is 0.125 e. The van der Waals surface area contributed by atoms with Gasteiger partial charge in [-0.1, -0.05) is 19.9 Å². The second-order valence-corrected chi connectivity index (χ2v) is 4.16. The molecular weight excluding hydrogens is 270 g/mol. The lowest BCUT2D eigenvalue weighted by atomic mass is 10.1. The Labute approximate surface area is 122 Å². The van der Waals surface area contributed by atoms with E-state index in [-0.39, 0.29) is 11.6 Å². The molecule has 0 aliphatic heterocycles. The molecule has 108 valence electrons. The summed E-state index contributed by atoms with van der Waals surface area (Å²) in [6.45, 7) is 4.00. The largest absolute Gasteiger partial charge is 0.355 e. The molecule has 3 aromatic rings. The average molecular weight is 286 g/mol. The molecule has 0 bridgehead atoms. The molecule has 4 heteroatoms. The first-order valence-corrected chi connectivity index (χ1v) is 6.79.